The molecule has 0 radical (unpaired) electrons. The number of likely N-dealkylation sites (tertiary alicyclic amines) is 2. The lowest BCUT2D eigenvalue weighted by molar-refractivity contribution is -0.140. The van der Waals surface area contributed by atoms with E-state index in [4.69, 9.17) is 0 Å². The smallest absolute Gasteiger partial charge is 0.317 e. The van der Waals surface area contributed by atoms with Gasteiger partial charge in [0.15, 0.2) is 0 Å². The Hall–Kier alpha value is -2.38. The summed E-state index contributed by atoms with van der Waals surface area (Å²) in [6, 6.07) is 1.83. The van der Waals surface area contributed by atoms with Crippen LogP contribution in [0.3, 0.4) is 0 Å². The highest BCUT2D eigenvalue weighted by atomic mass is 16.2. The maximum atomic E-state index is 13.3. The Bertz CT molecular complexity index is 762. The summed E-state index contributed by atoms with van der Waals surface area (Å²) in [7, 11) is 1.90. The van der Waals surface area contributed by atoms with Crippen LogP contribution >= 0.6 is 0 Å². The Balaban J connectivity index is 1.55. The van der Waals surface area contributed by atoms with Crippen molar-refractivity contribution in [3.05, 3.63) is 18.5 Å². The SMILES string of the molecule is CC(C)CNC(=O)N1CCC2(CC1)CN(c1ncccn1)CC21CCN(C)C1=O. The van der Waals surface area contributed by atoms with Gasteiger partial charge in [0.1, 0.15) is 0 Å². The molecule has 1 N–H and O–H groups in total. The summed E-state index contributed by atoms with van der Waals surface area (Å²) in [5, 5.41) is 3.02. The predicted octanol–water partition coefficient (Wildman–Crippen LogP) is 1.59. The molecule has 3 amide bonds. The van der Waals surface area contributed by atoms with Crippen LogP contribution in [-0.2, 0) is 4.79 Å². The molecule has 2 spiro atoms. The number of amides is 3. The molecule has 3 saturated heterocycles. The Kier molecular flexibility index (Phi) is 5.12. The van der Waals surface area contributed by atoms with Gasteiger partial charge in [-0.3, -0.25) is 4.79 Å². The topological polar surface area (TPSA) is 81.7 Å². The summed E-state index contributed by atoms with van der Waals surface area (Å²) in [4.78, 5) is 40.7. The van der Waals surface area contributed by atoms with Crippen LogP contribution in [0.4, 0.5) is 10.7 Å². The van der Waals surface area contributed by atoms with Crippen molar-refractivity contribution in [2.45, 2.75) is 33.1 Å². The fourth-order valence-corrected chi connectivity index (χ4v) is 5.41. The normalized spacial score (nSPS) is 26.2. The molecule has 0 aromatic carbocycles. The van der Waals surface area contributed by atoms with Crippen LogP contribution in [0.15, 0.2) is 18.5 Å². The number of hydrogen-bond acceptors (Lipinski definition) is 5. The van der Waals surface area contributed by atoms with Crippen LogP contribution in [0.5, 0.6) is 0 Å². The number of nitrogens with zero attached hydrogens (tertiary/aromatic N) is 5. The van der Waals surface area contributed by atoms with Gasteiger partial charge in [-0.2, -0.15) is 0 Å². The molecule has 0 saturated carbocycles. The number of rotatable bonds is 3. The summed E-state index contributed by atoms with van der Waals surface area (Å²) >= 11 is 0. The first-order chi connectivity index (χ1) is 13.9. The minimum atomic E-state index is -0.401. The number of anilines is 1. The molecule has 4 rings (SSSR count). The Morgan fingerprint density at radius 2 is 1.83 bits per heavy atom. The van der Waals surface area contributed by atoms with E-state index in [1.54, 1.807) is 12.4 Å². The molecule has 0 aliphatic carbocycles. The van der Waals surface area contributed by atoms with E-state index in [1.165, 1.54) is 0 Å². The van der Waals surface area contributed by atoms with E-state index < -0.39 is 5.41 Å². The number of hydrogen-bond donors (Lipinski definition) is 1. The third-order valence-corrected chi connectivity index (χ3v) is 7.10. The molecule has 8 nitrogen and oxygen atoms in total. The highest BCUT2D eigenvalue weighted by molar-refractivity contribution is 5.87. The van der Waals surface area contributed by atoms with Gasteiger partial charge in [-0.05, 0) is 31.2 Å². The van der Waals surface area contributed by atoms with Crippen molar-refractivity contribution in [1.29, 1.82) is 0 Å². The summed E-state index contributed by atoms with van der Waals surface area (Å²) in [6.07, 6.45) is 6.05. The Morgan fingerprint density at radius 1 is 1.14 bits per heavy atom. The zero-order chi connectivity index (χ0) is 20.6. The molecule has 0 bridgehead atoms. The first kappa shape index (κ1) is 19.9. The quantitative estimate of drug-likeness (QED) is 0.833. The fraction of sp³-hybridized carbons (Fsp3) is 0.714. The van der Waals surface area contributed by atoms with E-state index in [0.29, 0.717) is 38.0 Å². The largest absolute Gasteiger partial charge is 0.345 e. The molecule has 1 aromatic heterocycles. The summed E-state index contributed by atoms with van der Waals surface area (Å²) in [6.45, 7) is 8.48. The third kappa shape index (κ3) is 3.32. The number of carbonyl (C=O) groups is 2. The number of urea groups is 1. The second kappa shape index (κ2) is 7.46. The highest BCUT2D eigenvalue weighted by Gasteiger charge is 2.65. The average molecular weight is 401 g/mol. The molecule has 8 heteroatoms. The lowest BCUT2D eigenvalue weighted by Gasteiger charge is -2.46. The van der Waals surface area contributed by atoms with Gasteiger partial charge in [-0.15, -0.1) is 0 Å². The van der Waals surface area contributed by atoms with Crippen molar-refractivity contribution in [1.82, 2.24) is 25.1 Å². The minimum absolute atomic E-state index is 0.0127. The van der Waals surface area contributed by atoms with Crippen LogP contribution in [-0.4, -0.2) is 78.0 Å². The Labute approximate surface area is 172 Å². The van der Waals surface area contributed by atoms with E-state index in [0.717, 1.165) is 32.4 Å². The molecule has 1 aromatic rings. The van der Waals surface area contributed by atoms with Crippen molar-refractivity contribution >= 4 is 17.9 Å². The van der Waals surface area contributed by atoms with E-state index in [-0.39, 0.29) is 17.4 Å². The monoisotopic (exact) mass is 400 g/mol. The standard InChI is InChI=1S/C21H32N6O2/c1-16(2)13-24-19(29)26-11-5-20(6-12-26)14-27(18-22-8-4-9-23-18)15-21(20)7-10-25(3)17(21)28/h4,8-9,16H,5-7,10-15H2,1-3H3,(H,24,29). The van der Waals surface area contributed by atoms with Crippen LogP contribution < -0.4 is 10.2 Å². The molecule has 4 heterocycles. The first-order valence-corrected chi connectivity index (χ1v) is 10.7. The van der Waals surface area contributed by atoms with Gasteiger partial charge in [0.25, 0.3) is 0 Å². The molecule has 29 heavy (non-hydrogen) atoms. The second-order valence-corrected chi connectivity index (χ2v) is 9.31. The summed E-state index contributed by atoms with van der Waals surface area (Å²) in [5.74, 6) is 1.37. The van der Waals surface area contributed by atoms with E-state index in [1.807, 2.05) is 22.9 Å². The number of aromatic nitrogens is 2. The average Bonchev–Trinajstić information content (AvgIpc) is 3.20. The molecule has 1 atom stereocenters. The molecule has 3 fully saturated rings. The van der Waals surface area contributed by atoms with Crippen molar-refractivity contribution in [2.24, 2.45) is 16.7 Å². The molecule has 3 aliphatic rings. The molecule has 1 unspecified atom stereocenters. The maximum absolute atomic E-state index is 13.3. The van der Waals surface area contributed by atoms with Gasteiger partial charge in [0.2, 0.25) is 11.9 Å². The maximum Gasteiger partial charge on any atom is 0.317 e. The van der Waals surface area contributed by atoms with Crippen molar-refractivity contribution in [2.75, 3.05) is 51.2 Å². The number of carbonyl (C=O) groups excluding carboxylic acids is 2. The van der Waals surface area contributed by atoms with Gasteiger partial charge in [-0.1, -0.05) is 13.8 Å². The molecule has 158 valence electrons. The molecular weight excluding hydrogens is 368 g/mol. The van der Waals surface area contributed by atoms with Gasteiger partial charge in [0.05, 0.1) is 5.41 Å². The fourth-order valence-electron chi connectivity index (χ4n) is 5.41. The van der Waals surface area contributed by atoms with Gasteiger partial charge in [0, 0.05) is 64.1 Å². The second-order valence-electron chi connectivity index (χ2n) is 9.31. The van der Waals surface area contributed by atoms with E-state index >= 15 is 0 Å². The number of piperidine rings is 1. The van der Waals surface area contributed by atoms with Crippen molar-refractivity contribution < 1.29 is 9.59 Å². The molecule has 3 aliphatic heterocycles. The highest BCUT2D eigenvalue weighted by Crippen LogP contribution is 2.57. The van der Waals surface area contributed by atoms with Crippen LogP contribution in [0.1, 0.15) is 33.1 Å². The lowest BCUT2D eigenvalue weighted by atomic mass is 9.60. The van der Waals surface area contributed by atoms with Gasteiger partial charge < -0.3 is 20.0 Å². The van der Waals surface area contributed by atoms with E-state index in [9.17, 15) is 9.59 Å². The number of nitrogens with one attached hydrogen (secondary N) is 1. The van der Waals surface area contributed by atoms with Crippen LogP contribution in [0.25, 0.3) is 0 Å². The van der Waals surface area contributed by atoms with Gasteiger partial charge in [-0.25, -0.2) is 14.8 Å². The van der Waals surface area contributed by atoms with E-state index in [2.05, 4.69) is 34.0 Å². The zero-order valence-electron chi connectivity index (χ0n) is 17.7. The summed E-state index contributed by atoms with van der Waals surface area (Å²) < 4.78 is 0. The zero-order valence-corrected chi connectivity index (χ0v) is 17.7. The van der Waals surface area contributed by atoms with Crippen LogP contribution in [0.2, 0.25) is 0 Å². The minimum Gasteiger partial charge on any atom is -0.345 e. The first-order valence-electron chi connectivity index (χ1n) is 10.7. The third-order valence-electron chi connectivity index (χ3n) is 7.10. The summed E-state index contributed by atoms with van der Waals surface area (Å²) in [5.41, 5.74) is -0.537. The van der Waals surface area contributed by atoms with Crippen molar-refractivity contribution in [3.8, 4) is 0 Å². The number of fused-ring (bicyclic) bond motifs is 1. The lowest BCUT2D eigenvalue weighted by Crippen LogP contribution is -2.55. The van der Waals surface area contributed by atoms with Crippen molar-refractivity contribution in [3.63, 3.8) is 0 Å². The van der Waals surface area contributed by atoms with Crippen LogP contribution in [0, 0.1) is 16.7 Å². The predicted molar refractivity (Wildman–Crippen MR) is 110 cm³/mol. The van der Waals surface area contributed by atoms with Gasteiger partial charge >= 0.3 is 6.03 Å². The Morgan fingerprint density at radius 3 is 2.41 bits per heavy atom. The molecular formula is C21H32N6O2.